The van der Waals surface area contributed by atoms with E-state index < -0.39 is 5.97 Å². The summed E-state index contributed by atoms with van der Waals surface area (Å²) >= 11 is 1.36. The van der Waals surface area contributed by atoms with E-state index in [0.29, 0.717) is 17.3 Å². The molecule has 0 spiro atoms. The third kappa shape index (κ3) is 2.71. The first kappa shape index (κ1) is 13.5. The molecule has 0 bridgehead atoms. The Morgan fingerprint density at radius 3 is 3.00 bits per heavy atom. The predicted octanol–water partition coefficient (Wildman–Crippen LogP) is 3.61. The number of fused-ring (bicyclic) bond motifs is 1. The second-order valence-corrected chi connectivity index (χ2v) is 5.11. The van der Waals surface area contributed by atoms with E-state index >= 15 is 0 Å². The van der Waals surface area contributed by atoms with Crippen molar-refractivity contribution in [2.24, 2.45) is 0 Å². The van der Waals surface area contributed by atoms with Gasteiger partial charge >= 0.3 is 5.97 Å². The quantitative estimate of drug-likeness (QED) is 0.746. The van der Waals surface area contributed by atoms with Crippen molar-refractivity contribution in [1.29, 1.82) is 0 Å². The maximum absolute atomic E-state index is 11.8. The van der Waals surface area contributed by atoms with Crippen LogP contribution in [0.15, 0.2) is 42.0 Å². The van der Waals surface area contributed by atoms with Crippen molar-refractivity contribution < 1.29 is 9.53 Å². The van der Waals surface area contributed by atoms with Crippen molar-refractivity contribution in [2.75, 3.05) is 11.9 Å². The molecule has 21 heavy (non-hydrogen) atoms. The van der Waals surface area contributed by atoms with Crippen LogP contribution in [-0.2, 0) is 4.74 Å². The van der Waals surface area contributed by atoms with Crippen LogP contribution in [0.5, 0.6) is 0 Å². The third-order valence-corrected chi connectivity index (χ3v) is 3.66. The molecule has 6 heteroatoms. The second kappa shape index (κ2) is 5.88. The van der Waals surface area contributed by atoms with Crippen LogP contribution >= 0.6 is 11.3 Å². The van der Waals surface area contributed by atoms with Crippen molar-refractivity contribution in [1.82, 2.24) is 9.97 Å². The molecule has 2 heterocycles. The third-order valence-electron chi connectivity index (χ3n) is 2.92. The van der Waals surface area contributed by atoms with Gasteiger partial charge in [-0.3, -0.25) is 4.98 Å². The van der Waals surface area contributed by atoms with E-state index in [1.165, 1.54) is 11.3 Å². The van der Waals surface area contributed by atoms with Gasteiger partial charge in [-0.2, -0.15) is 0 Å². The van der Waals surface area contributed by atoms with Crippen LogP contribution in [0.4, 0.5) is 10.7 Å². The number of benzene rings is 1. The van der Waals surface area contributed by atoms with E-state index in [9.17, 15) is 4.79 Å². The SMILES string of the molecule is CCOC(=O)c1ncsc1Nc1cccc2cccnc12. The van der Waals surface area contributed by atoms with Gasteiger partial charge in [0.1, 0.15) is 5.00 Å². The number of nitrogens with one attached hydrogen (secondary N) is 1. The van der Waals surface area contributed by atoms with Gasteiger partial charge in [0.2, 0.25) is 0 Å². The molecule has 0 aliphatic rings. The standard InChI is InChI=1S/C15H13N3O2S/c1-2-20-15(19)13-14(21-9-17-13)18-11-7-3-5-10-6-4-8-16-12(10)11/h3-9,18H,2H2,1H3. The summed E-state index contributed by atoms with van der Waals surface area (Å²) in [6.07, 6.45) is 1.74. The minimum atomic E-state index is -0.422. The number of carbonyl (C=O) groups is 1. The maximum atomic E-state index is 11.8. The molecule has 3 rings (SSSR count). The lowest BCUT2D eigenvalue weighted by Crippen LogP contribution is -2.07. The molecule has 3 aromatic rings. The highest BCUT2D eigenvalue weighted by molar-refractivity contribution is 7.14. The van der Waals surface area contributed by atoms with E-state index in [2.05, 4.69) is 15.3 Å². The topological polar surface area (TPSA) is 64.1 Å². The average Bonchev–Trinajstić information content (AvgIpc) is 2.96. The summed E-state index contributed by atoms with van der Waals surface area (Å²) in [5.74, 6) is -0.422. The van der Waals surface area contributed by atoms with E-state index in [1.807, 2.05) is 30.3 Å². The number of thiazole rings is 1. The lowest BCUT2D eigenvalue weighted by atomic mass is 10.2. The Bertz CT molecular complexity index is 780. The minimum Gasteiger partial charge on any atom is -0.461 e. The summed E-state index contributed by atoms with van der Waals surface area (Å²) < 4.78 is 5.00. The highest BCUT2D eigenvalue weighted by Gasteiger charge is 2.16. The number of esters is 1. The summed E-state index contributed by atoms with van der Waals surface area (Å²) in [4.78, 5) is 20.3. The first-order valence-electron chi connectivity index (χ1n) is 6.51. The zero-order valence-corrected chi connectivity index (χ0v) is 12.2. The van der Waals surface area contributed by atoms with E-state index in [-0.39, 0.29) is 0 Å². The molecular formula is C15H13N3O2S. The lowest BCUT2D eigenvalue weighted by molar-refractivity contribution is 0.0521. The Hall–Kier alpha value is -2.47. The van der Waals surface area contributed by atoms with Gasteiger partial charge in [-0.05, 0) is 19.1 Å². The molecule has 1 aromatic carbocycles. The monoisotopic (exact) mass is 299 g/mol. The van der Waals surface area contributed by atoms with Gasteiger partial charge < -0.3 is 10.1 Å². The van der Waals surface area contributed by atoms with Crippen LogP contribution in [0.25, 0.3) is 10.9 Å². The number of hydrogen-bond donors (Lipinski definition) is 1. The zero-order valence-electron chi connectivity index (χ0n) is 11.4. The zero-order chi connectivity index (χ0) is 14.7. The van der Waals surface area contributed by atoms with Crippen LogP contribution in [0.3, 0.4) is 0 Å². The first-order valence-corrected chi connectivity index (χ1v) is 7.39. The minimum absolute atomic E-state index is 0.301. The van der Waals surface area contributed by atoms with Crippen molar-refractivity contribution in [3.63, 3.8) is 0 Å². The molecule has 106 valence electrons. The Balaban J connectivity index is 1.96. The summed E-state index contributed by atoms with van der Waals surface area (Å²) in [6.45, 7) is 2.09. The number of pyridine rings is 1. The smallest absolute Gasteiger partial charge is 0.360 e. The normalized spacial score (nSPS) is 10.5. The molecule has 0 unspecified atom stereocenters. The number of para-hydroxylation sites is 1. The predicted molar refractivity (Wildman–Crippen MR) is 83.1 cm³/mol. The van der Waals surface area contributed by atoms with Gasteiger partial charge in [0.05, 0.1) is 23.3 Å². The Morgan fingerprint density at radius 2 is 2.14 bits per heavy atom. The molecule has 0 aliphatic carbocycles. The van der Waals surface area contributed by atoms with Crippen molar-refractivity contribution in [3.8, 4) is 0 Å². The molecule has 0 radical (unpaired) electrons. The molecule has 1 N–H and O–H groups in total. The summed E-state index contributed by atoms with van der Waals surface area (Å²) in [6, 6.07) is 9.74. The van der Waals surface area contributed by atoms with Gasteiger partial charge in [-0.25, -0.2) is 9.78 Å². The van der Waals surface area contributed by atoms with Crippen LogP contribution in [0.2, 0.25) is 0 Å². The number of carbonyl (C=O) groups excluding carboxylic acids is 1. The highest BCUT2D eigenvalue weighted by atomic mass is 32.1. The molecule has 0 amide bonds. The Kier molecular flexibility index (Phi) is 3.79. The Labute approximate surface area is 125 Å². The molecule has 0 atom stereocenters. The number of anilines is 2. The highest BCUT2D eigenvalue weighted by Crippen LogP contribution is 2.29. The molecule has 5 nitrogen and oxygen atoms in total. The average molecular weight is 299 g/mol. The van der Waals surface area contributed by atoms with Crippen LogP contribution in [0, 0.1) is 0 Å². The Morgan fingerprint density at radius 1 is 1.29 bits per heavy atom. The molecule has 0 fully saturated rings. The van der Waals surface area contributed by atoms with Gasteiger partial charge in [0, 0.05) is 11.6 Å². The van der Waals surface area contributed by atoms with Crippen molar-refractivity contribution in [2.45, 2.75) is 6.92 Å². The number of ether oxygens (including phenoxy) is 1. The summed E-state index contributed by atoms with van der Waals surface area (Å²) in [5.41, 5.74) is 3.61. The van der Waals surface area contributed by atoms with Gasteiger partial charge in [-0.15, -0.1) is 11.3 Å². The molecule has 0 saturated heterocycles. The molecule has 2 aromatic heterocycles. The number of aromatic nitrogens is 2. The fourth-order valence-electron chi connectivity index (χ4n) is 2.01. The fourth-order valence-corrected chi connectivity index (χ4v) is 2.69. The molecule has 0 saturated carbocycles. The van der Waals surface area contributed by atoms with Crippen LogP contribution in [-0.4, -0.2) is 22.5 Å². The fraction of sp³-hybridized carbons (Fsp3) is 0.133. The summed E-state index contributed by atoms with van der Waals surface area (Å²) in [5, 5.41) is 4.92. The molecular weight excluding hydrogens is 286 g/mol. The van der Waals surface area contributed by atoms with E-state index in [0.717, 1.165) is 16.6 Å². The van der Waals surface area contributed by atoms with Gasteiger partial charge in [0.25, 0.3) is 0 Å². The van der Waals surface area contributed by atoms with Gasteiger partial charge in [-0.1, -0.05) is 18.2 Å². The van der Waals surface area contributed by atoms with Crippen molar-refractivity contribution >= 4 is 38.9 Å². The van der Waals surface area contributed by atoms with Crippen molar-refractivity contribution in [3.05, 3.63) is 47.7 Å². The van der Waals surface area contributed by atoms with Gasteiger partial charge in [0.15, 0.2) is 5.69 Å². The van der Waals surface area contributed by atoms with E-state index in [4.69, 9.17) is 4.74 Å². The van der Waals surface area contributed by atoms with Crippen LogP contribution < -0.4 is 5.32 Å². The second-order valence-electron chi connectivity index (χ2n) is 4.26. The maximum Gasteiger partial charge on any atom is 0.360 e. The van der Waals surface area contributed by atoms with Crippen LogP contribution in [0.1, 0.15) is 17.4 Å². The number of rotatable bonds is 4. The molecule has 0 aliphatic heterocycles. The largest absolute Gasteiger partial charge is 0.461 e. The number of nitrogens with zero attached hydrogens (tertiary/aromatic N) is 2. The summed E-state index contributed by atoms with van der Waals surface area (Å²) in [7, 11) is 0. The first-order chi connectivity index (χ1) is 10.3. The van der Waals surface area contributed by atoms with E-state index in [1.54, 1.807) is 18.6 Å². The number of hydrogen-bond acceptors (Lipinski definition) is 6. The lowest BCUT2D eigenvalue weighted by Gasteiger charge is -2.08.